The van der Waals surface area contributed by atoms with Crippen LogP contribution in [0.15, 0.2) is 5.03 Å². The van der Waals surface area contributed by atoms with Crippen LogP contribution in [0.25, 0.3) is 0 Å². The zero-order valence-corrected chi connectivity index (χ0v) is 6.67. The van der Waals surface area contributed by atoms with E-state index in [-0.39, 0.29) is 0 Å². The second kappa shape index (κ2) is 3.14. The van der Waals surface area contributed by atoms with E-state index in [1.54, 1.807) is 0 Å². The van der Waals surface area contributed by atoms with Crippen molar-refractivity contribution in [2.45, 2.75) is 11.6 Å². The quantitative estimate of drug-likeness (QED) is 0.622. The lowest BCUT2D eigenvalue weighted by molar-refractivity contribution is 0.809. The first kappa shape index (κ1) is 6.98. The molecule has 1 N–H and O–H groups in total. The summed E-state index contributed by atoms with van der Waals surface area (Å²) in [5.74, 6) is 0. The number of nitrogens with one attached hydrogen (secondary N) is 1. The van der Waals surface area contributed by atoms with Gasteiger partial charge in [-0.15, -0.1) is 17.7 Å². The second-order valence-electron chi connectivity index (χ2n) is 1.55. The van der Waals surface area contributed by atoms with Crippen LogP contribution in [0.1, 0.15) is 4.88 Å². The number of aromatic nitrogens is 2. The lowest BCUT2D eigenvalue weighted by Gasteiger charge is -1.90. The maximum atomic E-state index is 4.08. The molecule has 0 spiro atoms. The van der Waals surface area contributed by atoms with E-state index in [0.29, 0.717) is 0 Å². The number of hydrogen-bond donors (Lipinski definition) is 2. The highest BCUT2D eigenvalue weighted by molar-refractivity contribution is 7.80. The smallest absolute Gasteiger partial charge is 0.133 e. The molecule has 0 radical (unpaired) electrons. The molecule has 3 nitrogen and oxygen atoms in total. The molecule has 0 bridgehead atoms. The van der Waals surface area contributed by atoms with E-state index in [1.165, 1.54) is 11.5 Å². The van der Waals surface area contributed by atoms with Gasteiger partial charge in [-0.3, -0.25) is 0 Å². The molecule has 0 unspecified atom stereocenters. The average Bonchev–Trinajstić information content (AvgIpc) is 2.18. The lowest BCUT2D eigenvalue weighted by Crippen LogP contribution is -2.03. The maximum Gasteiger partial charge on any atom is 0.133 e. The minimum Gasteiger partial charge on any atom is -0.315 e. The highest BCUT2D eigenvalue weighted by atomic mass is 32.1. The van der Waals surface area contributed by atoms with Crippen LogP contribution in [-0.2, 0) is 6.54 Å². The molecular weight excluding hydrogens is 154 g/mol. The molecule has 0 fully saturated rings. The maximum absolute atomic E-state index is 4.08. The molecule has 0 aliphatic heterocycles. The Morgan fingerprint density at radius 1 is 1.78 bits per heavy atom. The van der Waals surface area contributed by atoms with Gasteiger partial charge in [0.2, 0.25) is 0 Å². The predicted octanol–water partition coefficient (Wildman–Crippen LogP) is 0.546. The Morgan fingerprint density at radius 2 is 2.56 bits per heavy atom. The predicted molar refractivity (Wildman–Crippen MR) is 39.9 cm³/mol. The molecule has 0 aliphatic carbocycles. The van der Waals surface area contributed by atoms with Gasteiger partial charge < -0.3 is 5.32 Å². The Bertz CT molecular complexity index is 186. The van der Waals surface area contributed by atoms with E-state index in [1.807, 2.05) is 7.05 Å². The van der Waals surface area contributed by atoms with Crippen molar-refractivity contribution in [2.75, 3.05) is 7.05 Å². The van der Waals surface area contributed by atoms with E-state index >= 15 is 0 Å². The van der Waals surface area contributed by atoms with Gasteiger partial charge in [0.1, 0.15) is 5.03 Å². The summed E-state index contributed by atoms with van der Waals surface area (Å²) in [4.78, 5) is 1.08. The first-order chi connectivity index (χ1) is 4.34. The van der Waals surface area contributed by atoms with E-state index in [4.69, 9.17) is 0 Å². The minimum atomic E-state index is 0.731. The summed E-state index contributed by atoms with van der Waals surface area (Å²) in [7, 11) is 1.88. The van der Waals surface area contributed by atoms with Crippen LogP contribution in [0.4, 0.5) is 0 Å². The molecule has 0 saturated carbocycles. The molecule has 0 atom stereocenters. The highest BCUT2D eigenvalue weighted by Gasteiger charge is 1.99. The van der Waals surface area contributed by atoms with Gasteiger partial charge in [-0.05, 0) is 18.6 Å². The average molecular weight is 161 g/mol. The van der Waals surface area contributed by atoms with Crippen molar-refractivity contribution in [1.29, 1.82) is 0 Å². The van der Waals surface area contributed by atoms with Gasteiger partial charge in [0.05, 0.1) is 4.88 Å². The van der Waals surface area contributed by atoms with Crippen LogP contribution >= 0.6 is 24.2 Å². The van der Waals surface area contributed by atoms with Crippen LogP contribution < -0.4 is 5.32 Å². The standard InChI is InChI=1S/C4H7N3S2/c1-5-2-3-4(8)6-7-9-3/h5,8H,2H2,1H3. The van der Waals surface area contributed by atoms with Crippen LogP contribution in [0.5, 0.6) is 0 Å². The number of hydrogen-bond acceptors (Lipinski definition) is 5. The Kier molecular flexibility index (Phi) is 2.44. The van der Waals surface area contributed by atoms with E-state index in [9.17, 15) is 0 Å². The summed E-state index contributed by atoms with van der Waals surface area (Å²) in [5, 5.41) is 7.45. The van der Waals surface area contributed by atoms with Gasteiger partial charge in [0.15, 0.2) is 0 Å². The molecule has 0 saturated heterocycles. The topological polar surface area (TPSA) is 37.8 Å². The van der Waals surface area contributed by atoms with E-state index < -0.39 is 0 Å². The Morgan fingerprint density at radius 3 is 3.00 bits per heavy atom. The zero-order valence-electron chi connectivity index (χ0n) is 4.96. The summed E-state index contributed by atoms with van der Waals surface area (Å²) in [5.41, 5.74) is 0. The van der Waals surface area contributed by atoms with Gasteiger partial charge in [0, 0.05) is 6.54 Å². The fourth-order valence-electron chi connectivity index (χ4n) is 0.477. The van der Waals surface area contributed by atoms with Crippen molar-refractivity contribution in [1.82, 2.24) is 14.9 Å². The summed E-state index contributed by atoms with van der Waals surface area (Å²) in [6.45, 7) is 0.802. The number of rotatable bonds is 2. The van der Waals surface area contributed by atoms with Crippen molar-refractivity contribution in [2.24, 2.45) is 0 Å². The molecule has 1 aromatic rings. The first-order valence-electron chi connectivity index (χ1n) is 2.49. The van der Waals surface area contributed by atoms with Crippen LogP contribution in [0, 0.1) is 0 Å². The Hall–Kier alpha value is -0.130. The monoisotopic (exact) mass is 161 g/mol. The van der Waals surface area contributed by atoms with Gasteiger partial charge in [0.25, 0.3) is 0 Å². The normalized spacial score (nSPS) is 10.0. The van der Waals surface area contributed by atoms with Crippen molar-refractivity contribution < 1.29 is 0 Å². The summed E-state index contributed by atoms with van der Waals surface area (Å²) < 4.78 is 3.72. The third-order valence-electron chi connectivity index (χ3n) is 0.873. The molecule has 9 heavy (non-hydrogen) atoms. The summed E-state index contributed by atoms with van der Waals surface area (Å²) in [6.07, 6.45) is 0. The van der Waals surface area contributed by atoms with E-state index in [0.717, 1.165) is 16.4 Å². The van der Waals surface area contributed by atoms with Crippen LogP contribution in [0.3, 0.4) is 0 Å². The van der Waals surface area contributed by atoms with Gasteiger partial charge >= 0.3 is 0 Å². The van der Waals surface area contributed by atoms with Crippen LogP contribution in [0.2, 0.25) is 0 Å². The van der Waals surface area contributed by atoms with Crippen molar-refractivity contribution in [3.8, 4) is 0 Å². The summed E-state index contributed by atoms with van der Waals surface area (Å²) in [6, 6.07) is 0. The molecule has 1 aromatic heterocycles. The van der Waals surface area contributed by atoms with Crippen molar-refractivity contribution >= 4 is 24.2 Å². The van der Waals surface area contributed by atoms with Gasteiger partial charge in [-0.1, -0.05) is 4.49 Å². The number of thiol groups is 1. The Labute approximate surface area is 63.1 Å². The number of nitrogens with zero attached hydrogens (tertiary/aromatic N) is 2. The fourth-order valence-corrected chi connectivity index (χ4v) is 1.34. The lowest BCUT2D eigenvalue weighted by atomic mass is 10.5. The molecule has 50 valence electrons. The minimum absolute atomic E-state index is 0.731. The third-order valence-corrected chi connectivity index (χ3v) is 2.11. The second-order valence-corrected chi connectivity index (χ2v) is 2.81. The van der Waals surface area contributed by atoms with Crippen molar-refractivity contribution in [3.63, 3.8) is 0 Å². The fraction of sp³-hybridized carbons (Fsp3) is 0.500. The summed E-state index contributed by atoms with van der Waals surface area (Å²) >= 11 is 5.45. The molecule has 1 rings (SSSR count). The van der Waals surface area contributed by atoms with Crippen LogP contribution in [-0.4, -0.2) is 16.6 Å². The van der Waals surface area contributed by atoms with E-state index in [2.05, 4.69) is 27.5 Å². The SMILES string of the molecule is CNCc1snnc1S. The van der Waals surface area contributed by atoms with Gasteiger partial charge in [-0.2, -0.15) is 0 Å². The molecule has 5 heteroatoms. The first-order valence-corrected chi connectivity index (χ1v) is 3.71. The highest BCUT2D eigenvalue weighted by Crippen LogP contribution is 2.12. The molecular formula is C4H7N3S2. The molecule has 0 aliphatic rings. The molecule has 0 amide bonds. The largest absolute Gasteiger partial charge is 0.315 e. The van der Waals surface area contributed by atoms with Gasteiger partial charge in [-0.25, -0.2) is 0 Å². The third kappa shape index (κ3) is 1.64. The molecule has 1 heterocycles. The Balaban J connectivity index is 2.69. The molecule has 0 aromatic carbocycles. The van der Waals surface area contributed by atoms with Crippen molar-refractivity contribution in [3.05, 3.63) is 4.88 Å². The zero-order chi connectivity index (χ0) is 6.69.